The predicted octanol–water partition coefficient (Wildman–Crippen LogP) is 2.25. The number of carbonyl (C=O) groups is 1. The standard InChI is InChI=1S/C14H23N3O2S.ClH/c1-3-10-4-5-11-12(8-10)20-14(16-11)17-13(18)9-15-6-7-19-2;/h10,15H,3-9H2,1-2H3,(H,16,17,18);1H. The molecule has 1 aliphatic carbocycles. The van der Waals surface area contributed by atoms with E-state index < -0.39 is 0 Å². The van der Waals surface area contributed by atoms with Gasteiger partial charge in [-0.25, -0.2) is 4.98 Å². The SMILES string of the molecule is CCC1CCc2nc(NC(=O)CNCCOC)sc2C1.Cl. The molecule has 0 aliphatic heterocycles. The lowest BCUT2D eigenvalue weighted by atomic mass is 9.89. The van der Waals surface area contributed by atoms with Crippen LogP contribution in [-0.4, -0.2) is 37.7 Å². The number of nitrogens with one attached hydrogen (secondary N) is 2. The summed E-state index contributed by atoms with van der Waals surface area (Å²) in [6.45, 7) is 3.82. The fourth-order valence-electron chi connectivity index (χ4n) is 2.38. The molecule has 2 N–H and O–H groups in total. The van der Waals surface area contributed by atoms with Gasteiger partial charge in [0.1, 0.15) is 0 Å². The maximum absolute atomic E-state index is 11.8. The molecular formula is C14H24ClN3O2S. The third kappa shape index (κ3) is 5.54. The molecule has 1 unspecified atom stereocenters. The summed E-state index contributed by atoms with van der Waals surface area (Å²) in [5, 5.41) is 6.64. The Bertz CT molecular complexity index is 453. The van der Waals surface area contributed by atoms with Crippen molar-refractivity contribution in [2.45, 2.75) is 32.6 Å². The van der Waals surface area contributed by atoms with Gasteiger partial charge in [0.2, 0.25) is 5.91 Å². The lowest BCUT2D eigenvalue weighted by molar-refractivity contribution is -0.115. The zero-order chi connectivity index (χ0) is 14.4. The summed E-state index contributed by atoms with van der Waals surface area (Å²) >= 11 is 1.63. The van der Waals surface area contributed by atoms with Gasteiger partial charge in [0.05, 0.1) is 18.8 Å². The fourth-order valence-corrected chi connectivity index (χ4v) is 3.52. The normalized spacial score (nSPS) is 17.0. The number of hydrogen-bond donors (Lipinski definition) is 2. The summed E-state index contributed by atoms with van der Waals surface area (Å²) in [4.78, 5) is 17.7. The van der Waals surface area contributed by atoms with Gasteiger partial charge >= 0.3 is 0 Å². The van der Waals surface area contributed by atoms with Gasteiger partial charge in [0.15, 0.2) is 5.13 Å². The zero-order valence-electron chi connectivity index (χ0n) is 12.6. The van der Waals surface area contributed by atoms with Crippen molar-refractivity contribution >= 4 is 34.8 Å². The molecule has 120 valence electrons. The number of amides is 1. The van der Waals surface area contributed by atoms with Gasteiger partial charge in [0, 0.05) is 18.5 Å². The molecule has 5 nitrogen and oxygen atoms in total. The number of anilines is 1. The quantitative estimate of drug-likeness (QED) is 0.751. The Labute approximate surface area is 136 Å². The molecule has 0 bridgehead atoms. The molecule has 1 aliphatic rings. The molecule has 0 radical (unpaired) electrons. The number of nitrogens with zero attached hydrogens (tertiary/aromatic N) is 1. The van der Waals surface area contributed by atoms with Crippen LogP contribution in [0.5, 0.6) is 0 Å². The van der Waals surface area contributed by atoms with Crippen LogP contribution in [0, 0.1) is 5.92 Å². The minimum absolute atomic E-state index is 0. The molecule has 0 saturated heterocycles. The molecule has 7 heteroatoms. The summed E-state index contributed by atoms with van der Waals surface area (Å²) in [6, 6.07) is 0. The minimum Gasteiger partial charge on any atom is -0.383 e. The van der Waals surface area contributed by atoms with Crippen molar-refractivity contribution in [3.8, 4) is 0 Å². The second kappa shape index (κ2) is 9.35. The van der Waals surface area contributed by atoms with Crippen LogP contribution in [0.1, 0.15) is 30.3 Å². The Balaban J connectivity index is 0.00000220. The topological polar surface area (TPSA) is 63.2 Å². The van der Waals surface area contributed by atoms with Gasteiger partial charge in [-0.05, 0) is 25.2 Å². The van der Waals surface area contributed by atoms with E-state index in [9.17, 15) is 4.79 Å². The molecule has 21 heavy (non-hydrogen) atoms. The van der Waals surface area contributed by atoms with Gasteiger partial charge < -0.3 is 15.4 Å². The maximum atomic E-state index is 11.8. The van der Waals surface area contributed by atoms with Crippen molar-refractivity contribution in [2.75, 3.05) is 32.1 Å². The first kappa shape index (κ1) is 18.4. The van der Waals surface area contributed by atoms with E-state index in [1.807, 2.05) is 0 Å². The van der Waals surface area contributed by atoms with E-state index in [1.54, 1.807) is 18.4 Å². The van der Waals surface area contributed by atoms with Crippen molar-refractivity contribution in [1.29, 1.82) is 0 Å². The number of methoxy groups -OCH3 is 1. The number of thiazole rings is 1. The lowest BCUT2D eigenvalue weighted by Gasteiger charge is -2.18. The number of fused-ring (bicyclic) bond motifs is 1. The molecule has 0 fully saturated rings. The van der Waals surface area contributed by atoms with Gasteiger partial charge in [-0.15, -0.1) is 23.7 Å². The first-order valence-electron chi connectivity index (χ1n) is 7.21. The number of rotatable bonds is 7. The van der Waals surface area contributed by atoms with Crippen LogP contribution in [0.2, 0.25) is 0 Å². The van der Waals surface area contributed by atoms with E-state index in [0.717, 1.165) is 23.9 Å². The second-order valence-electron chi connectivity index (χ2n) is 5.12. The van der Waals surface area contributed by atoms with Crippen LogP contribution in [0.25, 0.3) is 0 Å². The van der Waals surface area contributed by atoms with Crippen LogP contribution in [0.15, 0.2) is 0 Å². The average molecular weight is 334 g/mol. The molecule has 1 amide bonds. The summed E-state index contributed by atoms with van der Waals surface area (Å²) < 4.78 is 4.91. The second-order valence-corrected chi connectivity index (χ2v) is 6.21. The van der Waals surface area contributed by atoms with Crippen molar-refractivity contribution in [3.63, 3.8) is 0 Å². The van der Waals surface area contributed by atoms with E-state index in [2.05, 4.69) is 22.5 Å². The van der Waals surface area contributed by atoms with Gasteiger partial charge in [-0.1, -0.05) is 13.3 Å². The first-order valence-corrected chi connectivity index (χ1v) is 8.02. The minimum atomic E-state index is -0.0424. The van der Waals surface area contributed by atoms with Gasteiger partial charge in [-0.2, -0.15) is 0 Å². The lowest BCUT2D eigenvalue weighted by Crippen LogP contribution is -2.30. The molecule has 0 aromatic carbocycles. The molecule has 0 spiro atoms. The van der Waals surface area contributed by atoms with E-state index in [-0.39, 0.29) is 18.3 Å². The highest BCUT2D eigenvalue weighted by Crippen LogP contribution is 2.33. The molecule has 0 saturated carbocycles. The summed E-state index contributed by atoms with van der Waals surface area (Å²) in [7, 11) is 1.64. The number of hydrogen-bond acceptors (Lipinski definition) is 5. The van der Waals surface area contributed by atoms with Crippen molar-refractivity contribution in [3.05, 3.63) is 10.6 Å². The highest BCUT2D eigenvalue weighted by molar-refractivity contribution is 7.15. The van der Waals surface area contributed by atoms with E-state index in [1.165, 1.54) is 23.4 Å². The van der Waals surface area contributed by atoms with Crippen molar-refractivity contribution < 1.29 is 9.53 Å². The predicted molar refractivity (Wildman–Crippen MR) is 88.5 cm³/mol. The van der Waals surface area contributed by atoms with E-state index >= 15 is 0 Å². The Morgan fingerprint density at radius 3 is 3.05 bits per heavy atom. The molecule has 1 atom stereocenters. The van der Waals surface area contributed by atoms with Crippen LogP contribution in [-0.2, 0) is 22.4 Å². The zero-order valence-corrected chi connectivity index (χ0v) is 14.2. The third-order valence-electron chi connectivity index (χ3n) is 3.63. The number of aryl methyl sites for hydroxylation is 1. The largest absolute Gasteiger partial charge is 0.383 e. The highest BCUT2D eigenvalue weighted by Gasteiger charge is 2.21. The van der Waals surface area contributed by atoms with Gasteiger partial charge in [-0.3, -0.25) is 4.79 Å². The summed E-state index contributed by atoms with van der Waals surface area (Å²) in [6.07, 6.45) is 4.61. The molecule has 1 aromatic rings. The number of halogens is 1. The number of ether oxygens (including phenoxy) is 1. The average Bonchev–Trinajstić information content (AvgIpc) is 2.84. The Morgan fingerprint density at radius 1 is 1.52 bits per heavy atom. The maximum Gasteiger partial charge on any atom is 0.240 e. The fraction of sp³-hybridized carbons (Fsp3) is 0.714. The molecule has 1 heterocycles. The van der Waals surface area contributed by atoms with E-state index in [4.69, 9.17) is 4.74 Å². The van der Waals surface area contributed by atoms with Crippen LogP contribution >= 0.6 is 23.7 Å². The van der Waals surface area contributed by atoms with Crippen molar-refractivity contribution in [2.24, 2.45) is 5.92 Å². The highest BCUT2D eigenvalue weighted by atomic mass is 35.5. The summed E-state index contributed by atoms with van der Waals surface area (Å²) in [5.41, 5.74) is 1.18. The number of aromatic nitrogens is 1. The first-order chi connectivity index (χ1) is 9.72. The van der Waals surface area contributed by atoms with Crippen molar-refractivity contribution in [1.82, 2.24) is 10.3 Å². The van der Waals surface area contributed by atoms with Crippen LogP contribution in [0.4, 0.5) is 5.13 Å². The smallest absolute Gasteiger partial charge is 0.240 e. The van der Waals surface area contributed by atoms with Crippen LogP contribution in [0.3, 0.4) is 0 Å². The van der Waals surface area contributed by atoms with Crippen LogP contribution < -0.4 is 10.6 Å². The number of carbonyl (C=O) groups excluding carboxylic acids is 1. The van der Waals surface area contributed by atoms with E-state index in [0.29, 0.717) is 19.7 Å². The molecule has 1 aromatic heterocycles. The Morgan fingerprint density at radius 2 is 2.33 bits per heavy atom. The third-order valence-corrected chi connectivity index (χ3v) is 4.67. The Hall–Kier alpha value is -0.690. The van der Waals surface area contributed by atoms with Gasteiger partial charge in [0.25, 0.3) is 0 Å². The molecular weight excluding hydrogens is 310 g/mol. The Kier molecular flexibility index (Phi) is 8.18. The monoisotopic (exact) mass is 333 g/mol. The molecule has 2 rings (SSSR count). The summed E-state index contributed by atoms with van der Waals surface area (Å²) in [5.74, 6) is 0.737.